The highest BCUT2D eigenvalue weighted by atomic mass is 35.5. The molecule has 0 spiro atoms. The highest BCUT2D eigenvalue weighted by Gasteiger charge is 2.18. The van der Waals surface area contributed by atoms with Crippen LogP contribution in [0.5, 0.6) is 5.75 Å². The number of rotatable bonds is 3. The molecule has 0 saturated carbocycles. The molecule has 0 aliphatic carbocycles. The zero-order valence-corrected chi connectivity index (χ0v) is 10.2. The average molecular weight is 251 g/mol. The van der Waals surface area contributed by atoms with Gasteiger partial charge in [0.05, 0.1) is 24.5 Å². The van der Waals surface area contributed by atoms with Gasteiger partial charge in [0.15, 0.2) is 5.78 Å². The number of carbonyl (C=O) groups is 1. The Balaban J connectivity index is 2.50. The number of ketones is 1. The van der Waals surface area contributed by atoms with Gasteiger partial charge in [-0.15, -0.1) is 0 Å². The van der Waals surface area contributed by atoms with Crippen LogP contribution in [-0.4, -0.2) is 12.9 Å². The summed E-state index contributed by atoms with van der Waals surface area (Å²) >= 11 is 5.89. The lowest BCUT2D eigenvalue weighted by atomic mass is 10.0. The molecule has 0 unspecified atom stereocenters. The van der Waals surface area contributed by atoms with E-state index in [1.54, 1.807) is 31.2 Å². The van der Waals surface area contributed by atoms with Crippen LogP contribution < -0.4 is 4.74 Å². The number of carbonyl (C=O) groups excluding carboxylic acids is 1. The molecule has 0 atom stereocenters. The van der Waals surface area contributed by atoms with Gasteiger partial charge in [-0.25, -0.2) is 0 Å². The van der Waals surface area contributed by atoms with Gasteiger partial charge in [0.25, 0.3) is 0 Å². The minimum Gasteiger partial charge on any atom is -0.496 e. The molecule has 0 fully saturated rings. The fourth-order valence-corrected chi connectivity index (χ4v) is 1.80. The summed E-state index contributed by atoms with van der Waals surface area (Å²) in [7, 11) is 1.52. The van der Waals surface area contributed by atoms with E-state index in [2.05, 4.69) is 0 Å². The molecule has 0 aliphatic heterocycles. The monoisotopic (exact) mass is 250 g/mol. The van der Waals surface area contributed by atoms with Crippen molar-refractivity contribution in [2.45, 2.75) is 6.92 Å². The second kappa shape index (κ2) is 4.63. The third-order valence-electron chi connectivity index (χ3n) is 2.51. The van der Waals surface area contributed by atoms with Crippen molar-refractivity contribution in [3.05, 3.63) is 52.4 Å². The van der Waals surface area contributed by atoms with Crippen LogP contribution >= 0.6 is 11.6 Å². The maximum Gasteiger partial charge on any atom is 0.200 e. The number of furan rings is 1. The van der Waals surface area contributed by atoms with Crippen molar-refractivity contribution in [1.29, 1.82) is 0 Å². The van der Waals surface area contributed by atoms with Crippen LogP contribution in [0.15, 0.2) is 34.9 Å². The van der Waals surface area contributed by atoms with Crippen molar-refractivity contribution in [1.82, 2.24) is 0 Å². The van der Waals surface area contributed by atoms with Crippen molar-refractivity contribution in [3.8, 4) is 5.75 Å². The van der Waals surface area contributed by atoms with Gasteiger partial charge < -0.3 is 9.15 Å². The fourth-order valence-electron chi connectivity index (χ4n) is 1.62. The summed E-state index contributed by atoms with van der Waals surface area (Å²) in [5.74, 6) is 0.924. The van der Waals surface area contributed by atoms with Gasteiger partial charge >= 0.3 is 0 Å². The van der Waals surface area contributed by atoms with Crippen molar-refractivity contribution in [3.63, 3.8) is 0 Å². The Hall–Kier alpha value is -1.74. The third-order valence-corrected chi connectivity index (χ3v) is 2.74. The van der Waals surface area contributed by atoms with Gasteiger partial charge in [-0.3, -0.25) is 4.79 Å². The summed E-state index contributed by atoms with van der Waals surface area (Å²) in [6, 6.07) is 6.58. The molecule has 88 valence electrons. The SMILES string of the molecule is COc1ccc(Cl)cc1C(=O)c1ccoc1C. The van der Waals surface area contributed by atoms with Gasteiger partial charge in [-0.1, -0.05) is 11.6 Å². The van der Waals surface area contributed by atoms with E-state index < -0.39 is 0 Å². The third kappa shape index (κ3) is 2.19. The molecule has 0 radical (unpaired) electrons. The standard InChI is InChI=1S/C13H11ClO3/c1-8-10(5-6-17-8)13(15)11-7-9(14)3-4-12(11)16-2/h3-7H,1-2H3. The molecule has 2 rings (SSSR count). The quantitative estimate of drug-likeness (QED) is 0.783. The number of aryl methyl sites for hydroxylation is 1. The first kappa shape index (κ1) is 11.7. The van der Waals surface area contributed by atoms with E-state index in [9.17, 15) is 4.79 Å². The van der Waals surface area contributed by atoms with Crippen LogP contribution in [0.3, 0.4) is 0 Å². The van der Waals surface area contributed by atoms with Crippen molar-refractivity contribution in [2.75, 3.05) is 7.11 Å². The smallest absolute Gasteiger partial charge is 0.200 e. The average Bonchev–Trinajstić information content (AvgIpc) is 2.74. The predicted octanol–water partition coefficient (Wildman–Crippen LogP) is 3.48. The first-order valence-electron chi connectivity index (χ1n) is 5.06. The van der Waals surface area contributed by atoms with E-state index in [1.807, 2.05) is 0 Å². The summed E-state index contributed by atoms with van der Waals surface area (Å²) in [5.41, 5.74) is 0.954. The molecular weight excluding hydrogens is 240 g/mol. The number of benzene rings is 1. The number of halogens is 1. The lowest BCUT2D eigenvalue weighted by Crippen LogP contribution is -2.04. The maximum atomic E-state index is 12.3. The highest BCUT2D eigenvalue weighted by Crippen LogP contribution is 2.26. The summed E-state index contributed by atoms with van der Waals surface area (Å²) in [6.45, 7) is 1.74. The molecule has 17 heavy (non-hydrogen) atoms. The van der Waals surface area contributed by atoms with E-state index in [-0.39, 0.29) is 5.78 Å². The topological polar surface area (TPSA) is 39.4 Å². The lowest BCUT2D eigenvalue weighted by molar-refractivity contribution is 0.103. The molecule has 4 heteroatoms. The van der Waals surface area contributed by atoms with E-state index in [4.69, 9.17) is 20.8 Å². The first-order valence-corrected chi connectivity index (χ1v) is 5.43. The van der Waals surface area contributed by atoms with Gasteiger partial charge in [-0.2, -0.15) is 0 Å². The minimum atomic E-state index is -0.157. The molecule has 0 aliphatic rings. The van der Waals surface area contributed by atoms with Crippen LogP contribution in [-0.2, 0) is 0 Å². The molecule has 1 aromatic carbocycles. The Kier molecular flexibility index (Phi) is 3.20. The van der Waals surface area contributed by atoms with Gasteiger partial charge in [-0.05, 0) is 31.2 Å². The number of hydrogen-bond donors (Lipinski definition) is 0. The highest BCUT2D eigenvalue weighted by molar-refractivity contribution is 6.31. The van der Waals surface area contributed by atoms with Crippen molar-refractivity contribution >= 4 is 17.4 Å². The molecule has 1 aromatic heterocycles. The van der Waals surface area contributed by atoms with E-state index in [0.717, 1.165) is 0 Å². The molecular formula is C13H11ClO3. The Labute approximate surface area is 104 Å². The van der Waals surface area contributed by atoms with Crippen LogP contribution in [0.1, 0.15) is 21.7 Å². The van der Waals surface area contributed by atoms with E-state index >= 15 is 0 Å². The Bertz CT molecular complexity index is 558. The zero-order valence-electron chi connectivity index (χ0n) is 9.49. The molecule has 0 amide bonds. The lowest BCUT2D eigenvalue weighted by Gasteiger charge is -2.07. The van der Waals surface area contributed by atoms with Gasteiger partial charge in [0.1, 0.15) is 11.5 Å². The predicted molar refractivity (Wildman–Crippen MR) is 64.9 cm³/mol. The van der Waals surface area contributed by atoms with Crippen LogP contribution in [0.25, 0.3) is 0 Å². The fraction of sp³-hybridized carbons (Fsp3) is 0.154. The second-order valence-electron chi connectivity index (χ2n) is 3.56. The normalized spacial score (nSPS) is 10.3. The number of methoxy groups -OCH3 is 1. The van der Waals surface area contributed by atoms with Crippen LogP contribution in [0, 0.1) is 6.92 Å². The van der Waals surface area contributed by atoms with Crippen LogP contribution in [0.2, 0.25) is 5.02 Å². The van der Waals surface area contributed by atoms with Gasteiger partial charge in [0.2, 0.25) is 0 Å². The second-order valence-corrected chi connectivity index (χ2v) is 4.00. The Morgan fingerprint density at radius 1 is 1.29 bits per heavy atom. The Morgan fingerprint density at radius 3 is 2.65 bits per heavy atom. The molecule has 3 nitrogen and oxygen atoms in total. The largest absolute Gasteiger partial charge is 0.496 e. The summed E-state index contributed by atoms with van der Waals surface area (Å²) in [4.78, 5) is 12.3. The van der Waals surface area contributed by atoms with E-state index in [0.29, 0.717) is 27.7 Å². The summed E-state index contributed by atoms with van der Waals surface area (Å²) < 4.78 is 10.3. The molecule has 0 N–H and O–H groups in total. The first-order chi connectivity index (χ1) is 8.13. The summed E-state index contributed by atoms with van der Waals surface area (Å²) in [5, 5.41) is 0.496. The van der Waals surface area contributed by atoms with Crippen molar-refractivity contribution < 1.29 is 13.9 Å². The number of hydrogen-bond acceptors (Lipinski definition) is 3. The molecule has 1 heterocycles. The molecule has 0 saturated heterocycles. The van der Waals surface area contributed by atoms with Crippen molar-refractivity contribution in [2.24, 2.45) is 0 Å². The zero-order chi connectivity index (χ0) is 12.4. The van der Waals surface area contributed by atoms with E-state index in [1.165, 1.54) is 13.4 Å². The molecule has 2 aromatic rings. The Morgan fingerprint density at radius 2 is 2.06 bits per heavy atom. The van der Waals surface area contributed by atoms with Crippen LogP contribution in [0.4, 0.5) is 0 Å². The molecule has 0 bridgehead atoms. The number of ether oxygens (including phenoxy) is 1. The van der Waals surface area contributed by atoms with Gasteiger partial charge in [0, 0.05) is 5.02 Å². The summed E-state index contributed by atoms with van der Waals surface area (Å²) in [6.07, 6.45) is 1.49. The maximum absolute atomic E-state index is 12.3. The minimum absolute atomic E-state index is 0.157.